The van der Waals surface area contributed by atoms with Gasteiger partial charge in [-0.2, -0.15) is 0 Å². The molecule has 0 heterocycles. The van der Waals surface area contributed by atoms with Crippen molar-refractivity contribution in [2.24, 2.45) is 11.8 Å². The minimum absolute atomic E-state index is 0.0656. The van der Waals surface area contributed by atoms with Crippen LogP contribution in [0.5, 0.6) is 0 Å². The quantitative estimate of drug-likeness (QED) is 0.0352. The number of esters is 3. The van der Waals surface area contributed by atoms with Crippen LogP contribution in [0.3, 0.4) is 0 Å². The van der Waals surface area contributed by atoms with Crippen molar-refractivity contribution in [2.45, 2.75) is 259 Å². The molecule has 0 fully saturated rings. The van der Waals surface area contributed by atoms with Crippen LogP contribution < -0.4 is 0 Å². The predicted octanol–water partition coefficient (Wildman–Crippen LogP) is 14.6. The topological polar surface area (TPSA) is 78.9 Å². The second-order valence-electron chi connectivity index (χ2n) is 17.0. The van der Waals surface area contributed by atoms with Crippen molar-refractivity contribution >= 4 is 17.9 Å². The molecule has 0 spiro atoms. The molecule has 53 heavy (non-hydrogen) atoms. The molecule has 0 amide bonds. The van der Waals surface area contributed by atoms with Gasteiger partial charge in [0.05, 0.1) is 0 Å². The average Bonchev–Trinajstić information content (AvgIpc) is 3.12. The van der Waals surface area contributed by atoms with Crippen LogP contribution >= 0.6 is 0 Å². The van der Waals surface area contributed by atoms with Gasteiger partial charge in [0.25, 0.3) is 0 Å². The van der Waals surface area contributed by atoms with Crippen molar-refractivity contribution in [3.05, 3.63) is 0 Å². The van der Waals surface area contributed by atoms with Gasteiger partial charge in [0.15, 0.2) is 6.10 Å². The fourth-order valence-corrected chi connectivity index (χ4v) is 6.93. The Bertz CT molecular complexity index is 809. The maximum atomic E-state index is 12.7. The molecular weight excluding hydrogens is 661 g/mol. The molecular formula is C47H90O6. The third kappa shape index (κ3) is 41.4. The zero-order valence-corrected chi connectivity index (χ0v) is 36.1. The zero-order chi connectivity index (χ0) is 39.0. The van der Waals surface area contributed by atoms with E-state index in [0.717, 1.165) is 69.6 Å². The molecule has 0 rings (SSSR count). The molecule has 0 aromatic carbocycles. The average molecular weight is 751 g/mol. The lowest BCUT2D eigenvalue weighted by molar-refractivity contribution is -0.167. The van der Waals surface area contributed by atoms with Crippen LogP contribution in [0.15, 0.2) is 0 Å². The maximum Gasteiger partial charge on any atom is 0.306 e. The van der Waals surface area contributed by atoms with E-state index in [1.807, 2.05) is 0 Å². The van der Waals surface area contributed by atoms with Crippen molar-refractivity contribution in [3.8, 4) is 0 Å². The summed E-state index contributed by atoms with van der Waals surface area (Å²) in [5.74, 6) is 0.741. The van der Waals surface area contributed by atoms with Crippen molar-refractivity contribution in [1.29, 1.82) is 0 Å². The van der Waals surface area contributed by atoms with Crippen LogP contribution in [0.4, 0.5) is 0 Å². The van der Waals surface area contributed by atoms with Crippen LogP contribution in [-0.4, -0.2) is 37.2 Å². The van der Waals surface area contributed by atoms with Gasteiger partial charge in [-0.15, -0.1) is 0 Å². The first-order valence-electron chi connectivity index (χ1n) is 23.2. The molecule has 0 saturated carbocycles. The Hall–Kier alpha value is -1.59. The Balaban J connectivity index is 4.23. The van der Waals surface area contributed by atoms with E-state index in [0.29, 0.717) is 19.3 Å². The second-order valence-corrected chi connectivity index (χ2v) is 17.0. The maximum absolute atomic E-state index is 12.7. The minimum Gasteiger partial charge on any atom is -0.462 e. The molecule has 6 nitrogen and oxygen atoms in total. The number of rotatable bonds is 41. The molecule has 0 aliphatic carbocycles. The Kier molecular flexibility index (Phi) is 38.9. The van der Waals surface area contributed by atoms with Crippen LogP contribution in [0, 0.1) is 11.8 Å². The van der Waals surface area contributed by atoms with Crippen molar-refractivity contribution < 1.29 is 28.6 Å². The zero-order valence-electron chi connectivity index (χ0n) is 36.1. The molecule has 6 heteroatoms. The van der Waals surface area contributed by atoms with E-state index in [2.05, 4.69) is 34.6 Å². The normalized spacial score (nSPS) is 12.1. The monoisotopic (exact) mass is 751 g/mol. The van der Waals surface area contributed by atoms with E-state index >= 15 is 0 Å². The highest BCUT2D eigenvalue weighted by atomic mass is 16.6. The summed E-state index contributed by atoms with van der Waals surface area (Å²) in [5.41, 5.74) is 0. The molecule has 0 radical (unpaired) electrons. The molecule has 0 aliphatic heterocycles. The molecule has 0 aromatic heterocycles. The van der Waals surface area contributed by atoms with E-state index < -0.39 is 6.10 Å². The third-order valence-electron chi connectivity index (χ3n) is 10.5. The summed E-state index contributed by atoms with van der Waals surface area (Å²) < 4.78 is 16.7. The predicted molar refractivity (Wildman–Crippen MR) is 224 cm³/mol. The first-order chi connectivity index (χ1) is 25.7. The van der Waals surface area contributed by atoms with Gasteiger partial charge in [-0.1, -0.05) is 214 Å². The van der Waals surface area contributed by atoms with Crippen LogP contribution in [0.1, 0.15) is 253 Å². The van der Waals surface area contributed by atoms with E-state index in [9.17, 15) is 14.4 Å². The van der Waals surface area contributed by atoms with Gasteiger partial charge < -0.3 is 14.2 Å². The fourth-order valence-electron chi connectivity index (χ4n) is 6.93. The lowest BCUT2D eigenvalue weighted by Crippen LogP contribution is -2.30. The summed E-state index contributed by atoms with van der Waals surface area (Å²) in [6, 6.07) is 0. The summed E-state index contributed by atoms with van der Waals surface area (Å²) in [5, 5.41) is 0. The molecule has 0 N–H and O–H groups in total. The van der Waals surface area contributed by atoms with Crippen LogP contribution in [-0.2, 0) is 28.6 Å². The lowest BCUT2D eigenvalue weighted by atomic mass is 10.0. The molecule has 1 atom stereocenters. The molecule has 0 unspecified atom stereocenters. The van der Waals surface area contributed by atoms with Crippen molar-refractivity contribution in [3.63, 3.8) is 0 Å². The lowest BCUT2D eigenvalue weighted by Gasteiger charge is -2.18. The Morgan fingerprint density at radius 3 is 0.925 bits per heavy atom. The highest BCUT2D eigenvalue weighted by Gasteiger charge is 2.19. The SMILES string of the molecule is CCCCCCCCCCCC(=O)OC[C@H](COC(=O)CCCCCCCCCCCCCCCCC(C)C)OC(=O)CCCCCCCCC(C)C. The number of hydrogen-bond donors (Lipinski definition) is 0. The number of carbonyl (C=O) groups excluding carboxylic acids is 3. The van der Waals surface area contributed by atoms with Crippen LogP contribution in [0.2, 0.25) is 0 Å². The van der Waals surface area contributed by atoms with Gasteiger partial charge in [-0.05, 0) is 31.1 Å². The van der Waals surface area contributed by atoms with E-state index in [1.165, 1.54) is 141 Å². The molecule has 0 aliphatic rings. The minimum atomic E-state index is -0.760. The van der Waals surface area contributed by atoms with Crippen molar-refractivity contribution in [2.75, 3.05) is 13.2 Å². The van der Waals surface area contributed by atoms with E-state index in [-0.39, 0.29) is 31.1 Å². The van der Waals surface area contributed by atoms with E-state index in [1.54, 1.807) is 0 Å². The third-order valence-corrected chi connectivity index (χ3v) is 10.5. The molecule has 314 valence electrons. The number of carbonyl (C=O) groups is 3. The summed E-state index contributed by atoms with van der Waals surface area (Å²) in [4.78, 5) is 37.6. The van der Waals surface area contributed by atoms with Crippen molar-refractivity contribution in [1.82, 2.24) is 0 Å². The largest absolute Gasteiger partial charge is 0.462 e. The highest BCUT2D eigenvalue weighted by Crippen LogP contribution is 2.16. The van der Waals surface area contributed by atoms with Gasteiger partial charge >= 0.3 is 17.9 Å². The summed E-state index contributed by atoms with van der Waals surface area (Å²) in [6.45, 7) is 11.3. The van der Waals surface area contributed by atoms with Gasteiger partial charge in [0.1, 0.15) is 13.2 Å². The first kappa shape index (κ1) is 51.4. The smallest absolute Gasteiger partial charge is 0.306 e. The summed E-state index contributed by atoms with van der Waals surface area (Å²) in [7, 11) is 0. The standard InChI is InChI=1S/C47H90O6/c1-6-7-8-9-10-17-21-27-32-37-45(48)51-40-44(53-47(50)39-34-29-24-23-26-31-36-43(4)5)41-52-46(49)38-33-28-22-19-16-14-12-11-13-15-18-20-25-30-35-42(2)3/h42-44H,6-41H2,1-5H3/t44-/m1/s1. The molecule has 0 aromatic rings. The Labute approximate surface area is 329 Å². The molecule has 0 bridgehead atoms. The van der Waals surface area contributed by atoms with Gasteiger partial charge in [0.2, 0.25) is 0 Å². The number of hydrogen-bond acceptors (Lipinski definition) is 6. The summed E-state index contributed by atoms with van der Waals surface area (Å²) >= 11 is 0. The number of ether oxygens (including phenoxy) is 3. The van der Waals surface area contributed by atoms with E-state index in [4.69, 9.17) is 14.2 Å². The van der Waals surface area contributed by atoms with Gasteiger partial charge in [-0.25, -0.2) is 0 Å². The highest BCUT2D eigenvalue weighted by molar-refractivity contribution is 5.71. The number of unbranched alkanes of at least 4 members (excludes halogenated alkanes) is 26. The summed E-state index contributed by atoms with van der Waals surface area (Å²) in [6.07, 6.45) is 38.2. The Morgan fingerprint density at radius 1 is 0.358 bits per heavy atom. The Morgan fingerprint density at radius 2 is 0.623 bits per heavy atom. The second kappa shape index (κ2) is 40.1. The first-order valence-corrected chi connectivity index (χ1v) is 23.2. The van der Waals surface area contributed by atoms with Gasteiger partial charge in [-0.3, -0.25) is 14.4 Å². The fraction of sp³-hybridized carbons (Fsp3) is 0.936. The van der Waals surface area contributed by atoms with Gasteiger partial charge in [0, 0.05) is 19.3 Å². The van der Waals surface area contributed by atoms with Crippen LogP contribution in [0.25, 0.3) is 0 Å². The molecule has 0 saturated heterocycles.